The quantitative estimate of drug-likeness (QED) is 0.152. The van der Waals surface area contributed by atoms with Crippen LogP contribution in [0.3, 0.4) is 0 Å². The van der Waals surface area contributed by atoms with Crippen LogP contribution in [0, 0.1) is 0 Å². The van der Waals surface area contributed by atoms with Crippen LogP contribution in [0.25, 0.3) is 121 Å². The van der Waals surface area contributed by atoms with Gasteiger partial charge in [0, 0.05) is 76.2 Å². The number of benzene rings is 10. The second kappa shape index (κ2) is 14.9. The van der Waals surface area contributed by atoms with E-state index in [0.717, 1.165) is 78.4 Å². The lowest BCUT2D eigenvalue weighted by Gasteiger charge is -2.26. The number of aromatic nitrogens is 2. The van der Waals surface area contributed by atoms with Gasteiger partial charge in [0.05, 0.1) is 55.8 Å². The Morgan fingerprint density at radius 3 is 1.42 bits per heavy atom. The molecular formula is C67H42N4O2. The third-order valence-electron chi connectivity index (χ3n) is 15.4. The molecule has 0 aliphatic rings. The van der Waals surface area contributed by atoms with Crippen LogP contribution in [0.2, 0.25) is 0 Å². The Bertz CT molecular complexity index is 4950. The molecular weight excluding hydrogens is 893 g/mol. The van der Waals surface area contributed by atoms with Gasteiger partial charge in [0.2, 0.25) is 0 Å². The summed E-state index contributed by atoms with van der Waals surface area (Å²) < 4.78 is 18.5. The first-order valence-electron chi connectivity index (χ1n) is 24.9. The summed E-state index contributed by atoms with van der Waals surface area (Å²) >= 11 is 0. The third-order valence-corrected chi connectivity index (χ3v) is 15.4. The number of nitrogens with zero attached hydrogens (tertiary/aromatic N) is 4. The van der Waals surface area contributed by atoms with Crippen molar-refractivity contribution in [3.05, 3.63) is 230 Å². The molecule has 0 atom stereocenters. The maximum Gasteiger partial charge on any atom is 0.159 e. The Labute approximate surface area is 418 Å². The Morgan fingerprint density at radius 1 is 0.397 bits per heavy atom. The van der Waals surface area contributed by atoms with Crippen LogP contribution in [-0.4, -0.2) is 8.80 Å². The summed E-state index contributed by atoms with van der Waals surface area (Å²) in [5.41, 5.74) is 16.9. The molecule has 0 aliphatic carbocycles. The largest absolute Gasteiger partial charge is 0.454 e. The van der Waals surface area contributed by atoms with Gasteiger partial charge in [-0.15, -0.1) is 0 Å². The van der Waals surface area contributed by atoms with Crippen molar-refractivity contribution in [2.45, 2.75) is 6.92 Å². The molecule has 6 aromatic heterocycles. The Balaban J connectivity index is 0.980. The summed E-state index contributed by atoms with van der Waals surface area (Å²) in [6, 6.07) is 74.7. The van der Waals surface area contributed by atoms with Gasteiger partial charge in [0.1, 0.15) is 11.3 Å². The molecule has 16 aromatic rings. The van der Waals surface area contributed by atoms with E-state index in [4.69, 9.17) is 8.83 Å². The maximum absolute atomic E-state index is 6.76. The van der Waals surface area contributed by atoms with Gasteiger partial charge < -0.3 is 27.4 Å². The normalized spacial score (nSPS) is 12.5. The van der Waals surface area contributed by atoms with Crippen LogP contribution < -0.4 is 9.80 Å². The van der Waals surface area contributed by atoms with Crippen LogP contribution in [0.15, 0.2) is 228 Å². The Hall–Kier alpha value is -9.78. The van der Waals surface area contributed by atoms with E-state index >= 15 is 0 Å². The average Bonchev–Trinajstić information content (AvgIpc) is 4.30. The van der Waals surface area contributed by atoms with Gasteiger partial charge in [-0.1, -0.05) is 146 Å². The number of rotatable bonds is 8. The smallest absolute Gasteiger partial charge is 0.159 e. The predicted molar refractivity (Wildman–Crippen MR) is 307 cm³/mol. The fraction of sp³-hybridized carbons (Fsp3) is 0.0149. The van der Waals surface area contributed by atoms with E-state index in [-0.39, 0.29) is 0 Å². The lowest BCUT2D eigenvalue weighted by molar-refractivity contribution is 0.604. The fourth-order valence-corrected chi connectivity index (χ4v) is 12.5. The summed E-state index contributed by atoms with van der Waals surface area (Å²) in [5.74, 6) is 0.756. The molecule has 6 nitrogen and oxygen atoms in total. The molecule has 10 aromatic carbocycles. The maximum atomic E-state index is 6.76. The van der Waals surface area contributed by atoms with E-state index in [1.807, 2.05) is 19.1 Å². The Kier molecular flexibility index (Phi) is 8.15. The molecule has 0 bridgehead atoms. The molecule has 0 radical (unpaired) electrons. The van der Waals surface area contributed by atoms with Crippen LogP contribution in [-0.2, 0) is 0 Å². The summed E-state index contributed by atoms with van der Waals surface area (Å²) in [6.07, 6.45) is 5.98. The van der Waals surface area contributed by atoms with Crippen LogP contribution >= 0.6 is 0 Å². The molecule has 0 saturated heterocycles. The number of anilines is 6. The minimum absolute atomic E-state index is 0.756. The molecule has 342 valence electrons. The van der Waals surface area contributed by atoms with Crippen molar-refractivity contribution < 1.29 is 8.83 Å². The van der Waals surface area contributed by atoms with Crippen molar-refractivity contribution >= 4 is 155 Å². The van der Waals surface area contributed by atoms with Crippen LogP contribution in [0.5, 0.6) is 0 Å². The summed E-state index contributed by atoms with van der Waals surface area (Å²) in [5, 5.41) is 12.9. The third kappa shape index (κ3) is 5.31. The van der Waals surface area contributed by atoms with Crippen LogP contribution in [0.4, 0.5) is 34.1 Å². The number of fused-ring (bicyclic) bond motifs is 16. The van der Waals surface area contributed by atoms with Gasteiger partial charge in [-0.25, -0.2) is 0 Å². The molecule has 6 heteroatoms. The minimum atomic E-state index is 0.756. The molecule has 0 fully saturated rings. The second-order valence-electron chi connectivity index (χ2n) is 19.1. The van der Waals surface area contributed by atoms with Gasteiger partial charge >= 0.3 is 0 Å². The molecule has 16 rings (SSSR count). The molecule has 0 saturated carbocycles. The van der Waals surface area contributed by atoms with Gasteiger partial charge in [-0.05, 0) is 91.9 Å². The standard InChI is InChI=1S/C67H42N4O2/c1-3-19-42-46-27-17-31-56(66(46)72-60(42)4-2)68(40-20-7-5-8-21-40)54-36-34-44-50-38-59-51(39-58(50)70-52-29-14-11-25-48(52)62(54)64(44)70)45-35-37-55(63-49-26-12-15-30-53(49)71(59)65(45)63)69(41-22-9-6-10-23-41)57-32-18-28-47-43-24-13-16-33-61(43)73-67(47)57/h3-39H,2H2,1H3/b19-3-. The van der Waals surface area contributed by atoms with E-state index in [9.17, 15) is 0 Å². The van der Waals surface area contributed by atoms with Gasteiger partial charge in [-0.2, -0.15) is 0 Å². The highest BCUT2D eigenvalue weighted by molar-refractivity contribution is 6.32. The van der Waals surface area contributed by atoms with Crippen molar-refractivity contribution in [2.24, 2.45) is 0 Å². The molecule has 6 heterocycles. The first-order chi connectivity index (χ1) is 36.2. The number of allylic oxidation sites excluding steroid dienone is 1. The topological polar surface area (TPSA) is 41.6 Å². The van der Waals surface area contributed by atoms with Crippen LogP contribution in [0.1, 0.15) is 18.2 Å². The number of hydrogen-bond donors (Lipinski definition) is 0. The lowest BCUT2D eigenvalue weighted by Crippen LogP contribution is -2.10. The van der Waals surface area contributed by atoms with E-state index in [1.54, 1.807) is 0 Å². The zero-order valence-corrected chi connectivity index (χ0v) is 39.7. The van der Waals surface area contributed by atoms with E-state index in [0.29, 0.717) is 0 Å². The molecule has 0 amide bonds. The minimum Gasteiger partial charge on any atom is -0.454 e. The SMILES string of the molecule is C=Cc1oc2c(N(c3ccccc3)c3ccc4c5cc6c(cc5n5c7ccccc7c3c45)c3ccc(N(c4ccccc4)c4cccc5c4oc4ccccc45)c4c5ccccc5n6c34)cccc2c1/C=C\C. The molecule has 0 aliphatic heterocycles. The molecule has 0 spiro atoms. The van der Waals surface area contributed by atoms with Crippen molar-refractivity contribution in [1.82, 2.24) is 8.80 Å². The number of furan rings is 2. The number of para-hydroxylation sites is 7. The lowest BCUT2D eigenvalue weighted by atomic mass is 10.0. The second-order valence-corrected chi connectivity index (χ2v) is 19.1. The average molecular weight is 935 g/mol. The molecule has 73 heavy (non-hydrogen) atoms. The Morgan fingerprint density at radius 2 is 0.877 bits per heavy atom. The van der Waals surface area contributed by atoms with Gasteiger partial charge in [0.25, 0.3) is 0 Å². The van der Waals surface area contributed by atoms with Gasteiger partial charge in [-0.3, -0.25) is 0 Å². The molecule has 0 N–H and O–H groups in total. The van der Waals surface area contributed by atoms with E-state index in [1.165, 1.54) is 76.2 Å². The fourth-order valence-electron chi connectivity index (χ4n) is 12.5. The summed E-state index contributed by atoms with van der Waals surface area (Å²) in [6.45, 7) is 6.17. The monoisotopic (exact) mass is 934 g/mol. The highest BCUT2D eigenvalue weighted by Crippen LogP contribution is 2.53. The first-order valence-corrected chi connectivity index (χ1v) is 24.9. The highest BCUT2D eigenvalue weighted by Gasteiger charge is 2.30. The highest BCUT2D eigenvalue weighted by atomic mass is 16.3. The molecule has 0 unspecified atom stereocenters. The first kappa shape index (κ1) is 40.0. The van der Waals surface area contributed by atoms with Crippen molar-refractivity contribution in [1.29, 1.82) is 0 Å². The summed E-state index contributed by atoms with van der Waals surface area (Å²) in [7, 11) is 0. The summed E-state index contributed by atoms with van der Waals surface area (Å²) in [4.78, 5) is 4.77. The van der Waals surface area contributed by atoms with Crippen molar-refractivity contribution in [3.8, 4) is 0 Å². The van der Waals surface area contributed by atoms with E-state index in [2.05, 4.69) is 238 Å². The van der Waals surface area contributed by atoms with Gasteiger partial charge in [0.15, 0.2) is 11.2 Å². The number of hydrogen-bond acceptors (Lipinski definition) is 4. The van der Waals surface area contributed by atoms with E-state index < -0.39 is 0 Å². The zero-order chi connectivity index (χ0) is 48.1. The predicted octanol–water partition coefficient (Wildman–Crippen LogP) is 19.2. The van der Waals surface area contributed by atoms with Crippen molar-refractivity contribution in [2.75, 3.05) is 9.80 Å². The zero-order valence-electron chi connectivity index (χ0n) is 39.7. The van der Waals surface area contributed by atoms with Crippen molar-refractivity contribution in [3.63, 3.8) is 0 Å².